The maximum Gasteiger partial charge on any atom is 0.298 e. The fourth-order valence-electron chi connectivity index (χ4n) is 3.84. The number of fused-ring (bicyclic) bond motifs is 1. The van der Waals surface area contributed by atoms with Crippen LogP contribution in [0.15, 0.2) is 54.9 Å². The Kier molecular flexibility index (Phi) is 6.35. The van der Waals surface area contributed by atoms with Gasteiger partial charge in [0.15, 0.2) is 0 Å². The third-order valence-corrected chi connectivity index (χ3v) is 6.88. The van der Waals surface area contributed by atoms with Crippen molar-refractivity contribution < 1.29 is 13.2 Å². The Hall–Kier alpha value is -3.15. The summed E-state index contributed by atoms with van der Waals surface area (Å²) in [5.41, 5.74) is 2.38. The van der Waals surface area contributed by atoms with Gasteiger partial charge in [0, 0.05) is 48.9 Å². The van der Waals surface area contributed by atoms with Crippen LogP contribution in [-0.4, -0.2) is 48.0 Å². The molecule has 0 bridgehead atoms. The number of hydrogen-bond acceptors (Lipinski definition) is 4. The molecule has 31 heavy (non-hydrogen) atoms. The van der Waals surface area contributed by atoms with Gasteiger partial charge >= 0.3 is 0 Å². The van der Waals surface area contributed by atoms with Gasteiger partial charge in [-0.05, 0) is 48.6 Å². The van der Waals surface area contributed by atoms with Crippen LogP contribution in [0.3, 0.4) is 0 Å². The van der Waals surface area contributed by atoms with Crippen molar-refractivity contribution in [2.24, 2.45) is 5.92 Å². The summed E-state index contributed by atoms with van der Waals surface area (Å²) in [5, 5.41) is 0.900. The van der Waals surface area contributed by atoms with Crippen LogP contribution in [-0.2, 0) is 21.4 Å². The van der Waals surface area contributed by atoms with Crippen molar-refractivity contribution in [1.29, 1.82) is 0 Å². The van der Waals surface area contributed by atoms with Crippen LogP contribution in [0.2, 0.25) is 0 Å². The molecule has 0 spiro atoms. The fraction of sp³-hybridized carbons (Fsp3) is 0.304. The zero-order valence-corrected chi connectivity index (χ0v) is 17.9. The van der Waals surface area contributed by atoms with Crippen LogP contribution in [0, 0.1) is 17.8 Å². The minimum Gasteiger partial charge on any atom is -0.346 e. The van der Waals surface area contributed by atoms with E-state index in [1.807, 2.05) is 42.5 Å². The molecule has 1 saturated heterocycles. The molecule has 1 unspecified atom stereocenters. The van der Waals surface area contributed by atoms with Gasteiger partial charge in [0.05, 0.1) is 5.75 Å². The molecule has 3 heterocycles. The van der Waals surface area contributed by atoms with Crippen LogP contribution in [0.1, 0.15) is 24.0 Å². The molecule has 8 heteroatoms. The minimum absolute atomic E-state index is 0.00967. The molecule has 2 N–H and O–H groups in total. The molecule has 3 aromatic rings. The third kappa shape index (κ3) is 5.51. The van der Waals surface area contributed by atoms with Crippen LogP contribution in [0.5, 0.6) is 0 Å². The zero-order chi connectivity index (χ0) is 21.7. The second-order valence-corrected chi connectivity index (χ2v) is 9.54. The number of likely N-dealkylation sites (tertiary alicyclic amines) is 1. The first kappa shape index (κ1) is 21.1. The smallest absolute Gasteiger partial charge is 0.298 e. The quantitative estimate of drug-likeness (QED) is 0.600. The first-order valence-electron chi connectivity index (χ1n) is 10.2. The highest BCUT2D eigenvalue weighted by Crippen LogP contribution is 2.19. The number of aromatic nitrogens is 2. The predicted octanol–water partition coefficient (Wildman–Crippen LogP) is 2.27. The summed E-state index contributed by atoms with van der Waals surface area (Å²) in [6.45, 7) is 1.21. The number of nitrogens with zero attached hydrogens (tertiary/aromatic N) is 2. The fourth-order valence-corrected chi connectivity index (χ4v) is 5.23. The summed E-state index contributed by atoms with van der Waals surface area (Å²) >= 11 is 0. The van der Waals surface area contributed by atoms with E-state index in [0.29, 0.717) is 13.1 Å². The van der Waals surface area contributed by atoms with E-state index in [4.69, 9.17) is 0 Å². The van der Waals surface area contributed by atoms with E-state index >= 15 is 0 Å². The van der Waals surface area contributed by atoms with Crippen molar-refractivity contribution in [3.05, 3.63) is 66.0 Å². The van der Waals surface area contributed by atoms with Gasteiger partial charge in [-0.3, -0.25) is 4.79 Å². The van der Waals surface area contributed by atoms with Crippen molar-refractivity contribution in [3.8, 4) is 11.8 Å². The van der Waals surface area contributed by atoms with Gasteiger partial charge in [0.25, 0.3) is 5.91 Å². The molecule has 160 valence electrons. The van der Waals surface area contributed by atoms with Gasteiger partial charge in [-0.15, -0.1) is 0 Å². The van der Waals surface area contributed by atoms with Gasteiger partial charge in [-0.25, -0.2) is 18.1 Å². The monoisotopic (exact) mass is 436 g/mol. The molecule has 1 aliphatic heterocycles. The Morgan fingerprint density at radius 3 is 2.90 bits per heavy atom. The number of benzene rings is 1. The summed E-state index contributed by atoms with van der Waals surface area (Å²) in [5.74, 6) is 5.17. The molecule has 0 saturated carbocycles. The molecule has 0 radical (unpaired) electrons. The number of carbonyl (C=O) groups excluding carboxylic acids is 1. The maximum atomic E-state index is 12.7. The van der Waals surface area contributed by atoms with E-state index < -0.39 is 10.0 Å². The lowest BCUT2D eigenvalue weighted by atomic mass is 10.00. The first-order chi connectivity index (χ1) is 15.0. The van der Waals surface area contributed by atoms with Crippen molar-refractivity contribution in [1.82, 2.24) is 19.6 Å². The highest BCUT2D eigenvalue weighted by Gasteiger charge is 2.27. The molecule has 1 atom stereocenters. The van der Waals surface area contributed by atoms with Gasteiger partial charge < -0.3 is 9.88 Å². The normalized spacial score (nSPS) is 16.6. The Morgan fingerprint density at radius 1 is 1.23 bits per heavy atom. The van der Waals surface area contributed by atoms with E-state index in [2.05, 4.69) is 26.5 Å². The summed E-state index contributed by atoms with van der Waals surface area (Å²) < 4.78 is 28.0. The lowest BCUT2D eigenvalue weighted by molar-refractivity contribution is -0.126. The Bertz CT molecular complexity index is 1230. The summed E-state index contributed by atoms with van der Waals surface area (Å²) in [6.07, 6.45) is 4.98. The van der Waals surface area contributed by atoms with Crippen LogP contribution in [0.4, 0.5) is 0 Å². The van der Waals surface area contributed by atoms with Crippen molar-refractivity contribution in [2.75, 3.05) is 18.8 Å². The molecular weight excluding hydrogens is 412 g/mol. The molecule has 1 aromatic carbocycles. The predicted molar refractivity (Wildman–Crippen MR) is 119 cm³/mol. The number of hydrogen-bond donors (Lipinski definition) is 2. The first-order valence-corrected chi connectivity index (χ1v) is 11.9. The summed E-state index contributed by atoms with van der Waals surface area (Å²) in [6, 6.07) is 13.0. The largest absolute Gasteiger partial charge is 0.346 e. The number of amides is 1. The van der Waals surface area contributed by atoms with Crippen molar-refractivity contribution in [3.63, 3.8) is 0 Å². The van der Waals surface area contributed by atoms with E-state index in [-0.39, 0.29) is 24.1 Å². The van der Waals surface area contributed by atoms with Crippen LogP contribution < -0.4 is 4.72 Å². The maximum absolute atomic E-state index is 12.7. The van der Waals surface area contributed by atoms with Crippen molar-refractivity contribution >= 4 is 27.0 Å². The van der Waals surface area contributed by atoms with Crippen LogP contribution >= 0.6 is 0 Å². The minimum atomic E-state index is -3.49. The highest BCUT2D eigenvalue weighted by atomic mass is 32.2. The number of pyridine rings is 1. The van der Waals surface area contributed by atoms with Crippen LogP contribution in [0.25, 0.3) is 11.0 Å². The number of rotatable bonds is 5. The topological polar surface area (TPSA) is 95.2 Å². The SMILES string of the molecule is O=C(C#Cc1ccccc1)N1CCCC(CS(=O)(=O)NCc2ccnc3[nH]ccc23)C1. The standard InChI is InChI=1S/C23H24N4O3S/c28-22(9-8-18-5-2-1-3-6-18)27-14-4-7-19(16-27)17-31(29,30)26-15-20-10-12-24-23-21(20)11-13-25-23/h1-3,5-6,10-13,19,26H,4,7,14-17H2,(H,24,25). The number of carbonyl (C=O) groups is 1. The van der Waals surface area contributed by atoms with E-state index in [1.165, 1.54) is 0 Å². The van der Waals surface area contributed by atoms with Gasteiger partial charge in [-0.2, -0.15) is 0 Å². The second kappa shape index (κ2) is 9.33. The van der Waals surface area contributed by atoms with E-state index in [9.17, 15) is 13.2 Å². The van der Waals surface area contributed by atoms with E-state index in [1.54, 1.807) is 17.3 Å². The number of sulfonamides is 1. The number of aromatic amines is 1. The molecule has 1 amide bonds. The highest BCUT2D eigenvalue weighted by molar-refractivity contribution is 7.89. The summed E-state index contributed by atoms with van der Waals surface area (Å²) in [4.78, 5) is 21.4. The average Bonchev–Trinajstić information content (AvgIpc) is 3.26. The number of nitrogens with one attached hydrogen (secondary N) is 2. The number of piperidine rings is 1. The lowest BCUT2D eigenvalue weighted by Crippen LogP contribution is -2.42. The molecule has 4 rings (SSSR count). The zero-order valence-electron chi connectivity index (χ0n) is 17.0. The Labute approximate surface area is 181 Å². The van der Waals surface area contributed by atoms with Gasteiger partial charge in [-0.1, -0.05) is 24.1 Å². The molecule has 2 aromatic heterocycles. The Morgan fingerprint density at radius 2 is 2.06 bits per heavy atom. The molecule has 7 nitrogen and oxygen atoms in total. The van der Waals surface area contributed by atoms with Crippen molar-refractivity contribution in [2.45, 2.75) is 19.4 Å². The van der Waals surface area contributed by atoms with E-state index in [0.717, 1.165) is 35.0 Å². The average molecular weight is 437 g/mol. The van der Waals surface area contributed by atoms with Gasteiger partial charge in [0.2, 0.25) is 10.0 Å². The summed E-state index contributed by atoms with van der Waals surface area (Å²) in [7, 11) is -3.49. The lowest BCUT2D eigenvalue weighted by Gasteiger charge is -2.31. The second-order valence-electron chi connectivity index (χ2n) is 7.69. The van der Waals surface area contributed by atoms with Gasteiger partial charge in [0.1, 0.15) is 5.65 Å². The number of H-pyrrole nitrogens is 1. The molecule has 1 fully saturated rings. The molecule has 1 aliphatic rings. The third-order valence-electron chi connectivity index (χ3n) is 5.38. The Balaban J connectivity index is 1.34. The molecule has 0 aliphatic carbocycles. The molecular formula is C23H24N4O3S.